The second-order valence-corrected chi connectivity index (χ2v) is 10.5. The van der Waals surface area contributed by atoms with E-state index in [1.165, 1.54) is 23.8 Å². The maximum absolute atomic E-state index is 14.5. The summed E-state index contributed by atoms with van der Waals surface area (Å²) in [7, 11) is -2.26. The van der Waals surface area contributed by atoms with Crippen LogP contribution in [-0.2, 0) is 44.9 Å². The second kappa shape index (κ2) is 7.83. The molecule has 5 rings (SSSR count). The van der Waals surface area contributed by atoms with Crippen LogP contribution in [0.3, 0.4) is 0 Å². The molecule has 1 unspecified atom stereocenters. The van der Waals surface area contributed by atoms with Crippen LogP contribution < -0.4 is 15.0 Å². The third kappa shape index (κ3) is 3.51. The van der Waals surface area contributed by atoms with Gasteiger partial charge in [-0.15, -0.1) is 0 Å². The van der Waals surface area contributed by atoms with Crippen LogP contribution in [0.1, 0.15) is 35.6 Å². The van der Waals surface area contributed by atoms with E-state index in [-0.39, 0.29) is 48.5 Å². The van der Waals surface area contributed by atoms with E-state index < -0.39 is 33.0 Å². The molecule has 0 amide bonds. The van der Waals surface area contributed by atoms with Crippen LogP contribution in [-0.4, -0.2) is 42.4 Å². The van der Waals surface area contributed by atoms with E-state index in [2.05, 4.69) is 9.71 Å². The Kier molecular flexibility index (Phi) is 5.24. The fourth-order valence-corrected chi connectivity index (χ4v) is 5.13. The third-order valence-corrected chi connectivity index (χ3v) is 7.26. The molecule has 2 N–H and O–H groups in total. The Labute approximate surface area is 199 Å². The summed E-state index contributed by atoms with van der Waals surface area (Å²) in [5, 5.41) is 11.5. The van der Waals surface area contributed by atoms with Gasteiger partial charge in [-0.25, -0.2) is 27.3 Å². The molecule has 0 radical (unpaired) electrons. The van der Waals surface area contributed by atoms with Gasteiger partial charge in [0.15, 0.2) is 17.2 Å². The first-order valence-corrected chi connectivity index (χ1v) is 12.7. The standard InChI is InChI=1S/C23H22FN3O7S/c1-4-23(30)15-6-18-20-13(9-27(18)21(28)14(15)10-34-22(23)29)12(8-25-35(3,31)32)11-5-19(33-2)16(24)7-17(11)26-20/h5-7,25,30H,4,8-10H2,1-3H3. The average molecular weight is 504 g/mol. The number of cyclic esters (lactones) is 1. The fourth-order valence-electron chi connectivity index (χ4n) is 4.73. The molecule has 0 saturated heterocycles. The number of aliphatic hydroxyl groups is 1. The quantitative estimate of drug-likeness (QED) is 0.389. The summed E-state index contributed by atoms with van der Waals surface area (Å²) >= 11 is 0. The number of hydrogen-bond donors (Lipinski definition) is 2. The van der Waals surface area contributed by atoms with E-state index in [1.54, 1.807) is 13.0 Å². The van der Waals surface area contributed by atoms with Crippen molar-refractivity contribution in [3.8, 4) is 17.1 Å². The van der Waals surface area contributed by atoms with Crippen molar-refractivity contribution in [2.75, 3.05) is 13.4 Å². The average Bonchev–Trinajstić information content (AvgIpc) is 3.17. The second-order valence-electron chi connectivity index (χ2n) is 8.62. The summed E-state index contributed by atoms with van der Waals surface area (Å²) in [6.45, 7) is 1.27. The lowest BCUT2D eigenvalue weighted by molar-refractivity contribution is -0.172. The van der Waals surface area contributed by atoms with Crippen molar-refractivity contribution in [3.63, 3.8) is 0 Å². The molecule has 1 aromatic carbocycles. The van der Waals surface area contributed by atoms with Gasteiger partial charge in [-0.05, 0) is 24.1 Å². The molecule has 2 aliphatic heterocycles. The lowest BCUT2D eigenvalue weighted by Gasteiger charge is -2.31. The van der Waals surface area contributed by atoms with Gasteiger partial charge in [-0.1, -0.05) is 6.92 Å². The number of ether oxygens (including phenoxy) is 2. The van der Waals surface area contributed by atoms with Gasteiger partial charge in [0, 0.05) is 29.1 Å². The van der Waals surface area contributed by atoms with Gasteiger partial charge in [-0.3, -0.25) is 4.79 Å². The molecule has 0 saturated carbocycles. The molecule has 0 aliphatic carbocycles. The number of nitrogens with zero attached hydrogens (tertiary/aromatic N) is 2. The van der Waals surface area contributed by atoms with Crippen LogP contribution in [0.5, 0.6) is 5.75 Å². The number of hydrogen-bond acceptors (Lipinski definition) is 8. The Balaban J connectivity index is 1.81. The van der Waals surface area contributed by atoms with E-state index in [0.29, 0.717) is 27.9 Å². The SMILES string of the molecule is CCC1(O)C(=O)OCc2c1cc1n(c2=O)Cc2c-1nc1cc(F)c(OC)cc1c2CNS(C)(=O)=O. The summed E-state index contributed by atoms with van der Waals surface area (Å²) in [4.78, 5) is 30.4. The first-order valence-electron chi connectivity index (χ1n) is 10.8. The van der Waals surface area contributed by atoms with Crippen molar-refractivity contribution in [1.29, 1.82) is 0 Å². The van der Waals surface area contributed by atoms with Crippen molar-refractivity contribution in [3.05, 3.63) is 56.6 Å². The van der Waals surface area contributed by atoms with E-state index in [9.17, 15) is 27.5 Å². The lowest BCUT2D eigenvalue weighted by atomic mass is 9.86. The summed E-state index contributed by atoms with van der Waals surface area (Å²) in [6.07, 6.45) is 1.01. The van der Waals surface area contributed by atoms with E-state index in [0.717, 1.165) is 6.26 Å². The van der Waals surface area contributed by atoms with Gasteiger partial charge >= 0.3 is 5.97 Å². The number of aromatic nitrogens is 2. The first kappa shape index (κ1) is 23.4. The number of rotatable bonds is 5. The van der Waals surface area contributed by atoms with Gasteiger partial charge in [0.1, 0.15) is 6.61 Å². The zero-order valence-electron chi connectivity index (χ0n) is 19.1. The largest absolute Gasteiger partial charge is 0.494 e. The number of carbonyl (C=O) groups is 1. The highest BCUT2D eigenvalue weighted by Crippen LogP contribution is 2.41. The number of benzene rings is 1. The zero-order valence-corrected chi connectivity index (χ0v) is 20.0. The predicted octanol–water partition coefficient (Wildman–Crippen LogP) is 1.28. The zero-order chi connectivity index (χ0) is 25.3. The molecule has 0 fully saturated rings. The highest BCUT2D eigenvalue weighted by Gasteiger charge is 2.45. The van der Waals surface area contributed by atoms with Crippen LogP contribution in [0.2, 0.25) is 0 Å². The molecule has 1 atom stereocenters. The van der Waals surface area contributed by atoms with Gasteiger partial charge in [0.25, 0.3) is 5.56 Å². The molecule has 184 valence electrons. The molecule has 35 heavy (non-hydrogen) atoms. The Morgan fingerprint density at radius 2 is 2.03 bits per heavy atom. The third-order valence-electron chi connectivity index (χ3n) is 6.59. The number of fused-ring (bicyclic) bond motifs is 5. The van der Waals surface area contributed by atoms with Crippen molar-refractivity contribution < 1.29 is 32.2 Å². The normalized spacial score (nSPS) is 18.7. The summed E-state index contributed by atoms with van der Waals surface area (Å²) in [6, 6.07) is 4.16. The molecule has 4 heterocycles. The molecule has 12 heteroatoms. The van der Waals surface area contributed by atoms with Crippen LogP contribution in [0.15, 0.2) is 23.0 Å². The minimum Gasteiger partial charge on any atom is -0.494 e. The Morgan fingerprint density at radius 3 is 2.69 bits per heavy atom. The van der Waals surface area contributed by atoms with Gasteiger partial charge in [0.2, 0.25) is 10.0 Å². The maximum Gasteiger partial charge on any atom is 0.343 e. The fraction of sp³-hybridized carbons (Fsp3) is 0.348. The summed E-state index contributed by atoms with van der Waals surface area (Å²) in [5.41, 5.74) is -0.142. The molecular formula is C23H22FN3O7S. The number of nitrogens with one attached hydrogen (secondary N) is 1. The monoisotopic (exact) mass is 503 g/mol. The maximum atomic E-state index is 14.5. The molecule has 0 spiro atoms. The smallest absolute Gasteiger partial charge is 0.343 e. The molecule has 2 aromatic heterocycles. The highest BCUT2D eigenvalue weighted by molar-refractivity contribution is 7.88. The highest BCUT2D eigenvalue weighted by atomic mass is 32.2. The van der Waals surface area contributed by atoms with Gasteiger partial charge in [0.05, 0.1) is 42.4 Å². The number of esters is 1. The number of sulfonamides is 1. The molecular weight excluding hydrogens is 481 g/mol. The minimum atomic E-state index is -3.58. The van der Waals surface area contributed by atoms with E-state index in [4.69, 9.17) is 9.47 Å². The van der Waals surface area contributed by atoms with Crippen LogP contribution >= 0.6 is 0 Å². The Hall–Kier alpha value is -3.35. The van der Waals surface area contributed by atoms with Crippen LogP contribution in [0, 0.1) is 5.82 Å². The molecule has 0 bridgehead atoms. The van der Waals surface area contributed by atoms with Crippen molar-refractivity contribution in [2.24, 2.45) is 0 Å². The van der Waals surface area contributed by atoms with Crippen molar-refractivity contribution in [1.82, 2.24) is 14.3 Å². The number of carbonyl (C=O) groups excluding carboxylic acids is 1. The van der Waals surface area contributed by atoms with Gasteiger partial charge < -0.3 is 19.1 Å². The molecule has 10 nitrogen and oxygen atoms in total. The Morgan fingerprint density at radius 1 is 1.29 bits per heavy atom. The first-order chi connectivity index (χ1) is 16.5. The summed E-state index contributed by atoms with van der Waals surface area (Å²) in [5.74, 6) is -1.53. The molecule has 2 aliphatic rings. The van der Waals surface area contributed by atoms with Crippen LogP contribution in [0.25, 0.3) is 22.3 Å². The van der Waals surface area contributed by atoms with E-state index >= 15 is 0 Å². The Bertz CT molecular complexity index is 1600. The van der Waals surface area contributed by atoms with Gasteiger partial charge in [-0.2, -0.15) is 0 Å². The minimum absolute atomic E-state index is 0.00569. The van der Waals surface area contributed by atoms with Crippen molar-refractivity contribution in [2.45, 2.75) is 38.6 Å². The van der Waals surface area contributed by atoms with E-state index in [1.807, 2.05) is 0 Å². The number of pyridine rings is 2. The van der Waals surface area contributed by atoms with Crippen molar-refractivity contribution >= 4 is 26.9 Å². The molecule has 3 aromatic rings. The predicted molar refractivity (Wildman–Crippen MR) is 123 cm³/mol. The topological polar surface area (TPSA) is 137 Å². The number of methoxy groups -OCH3 is 1. The number of halogens is 1. The summed E-state index contributed by atoms with van der Waals surface area (Å²) < 4.78 is 52.3. The lowest BCUT2D eigenvalue weighted by Crippen LogP contribution is -2.44. The van der Waals surface area contributed by atoms with Crippen LogP contribution in [0.4, 0.5) is 4.39 Å².